The minimum absolute atomic E-state index is 0.156. The molecule has 1 N–H and O–H groups in total. The topological polar surface area (TPSA) is 71.4 Å². The van der Waals surface area contributed by atoms with E-state index in [9.17, 15) is 13.2 Å². The van der Waals surface area contributed by atoms with Crippen LogP contribution in [0.4, 0.5) is 0 Å². The summed E-state index contributed by atoms with van der Waals surface area (Å²) >= 11 is 0. The maximum absolute atomic E-state index is 12.8. The standard InChI is InChI=1S/C22H29N3O3S/c1-4-14-25-20-11-10-19(29(27,28)24(2)3)15-18(20)16-21(25)22(26)23-13-12-17-8-6-5-7-9-17/h4,8,10-11,15-16H,1,5-7,9,12-14H2,2-3H3,(H,23,26). The van der Waals surface area contributed by atoms with Crippen LogP contribution in [0.3, 0.4) is 0 Å². The van der Waals surface area contributed by atoms with E-state index in [1.807, 2.05) is 4.57 Å². The molecule has 1 amide bonds. The molecule has 7 heteroatoms. The van der Waals surface area contributed by atoms with Crippen LogP contribution < -0.4 is 5.32 Å². The van der Waals surface area contributed by atoms with Gasteiger partial charge in [0.25, 0.3) is 5.91 Å². The predicted molar refractivity (Wildman–Crippen MR) is 117 cm³/mol. The van der Waals surface area contributed by atoms with Crippen LogP contribution in [-0.4, -0.2) is 43.8 Å². The highest BCUT2D eigenvalue weighted by atomic mass is 32.2. The van der Waals surface area contributed by atoms with Gasteiger partial charge in [-0.15, -0.1) is 6.58 Å². The number of benzene rings is 1. The first-order chi connectivity index (χ1) is 13.8. The molecule has 3 rings (SSSR count). The molecule has 6 nitrogen and oxygen atoms in total. The molecule has 1 aromatic carbocycles. The van der Waals surface area contributed by atoms with Gasteiger partial charge in [-0.05, 0) is 56.4 Å². The average molecular weight is 416 g/mol. The second-order valence-corrected chi connectivity index (χ2v) is 9.70. The lowest BCUT2D eigenvalue weighted by molar-refractivity contribution is 0.0945. The predicted octanol–water partition coefficient (Wildman–Crippen LogP) is 3.70. The van der Waals surface area contributed by atoms with Gasteiger partial charge in [-0.1, -0.05) is 17.7 Å². The molecule has 0 aliphatic heterocycles. The van der Waals surface area contributed by atoms with Crippen molar-refractivity contribution in [1.82, 2.24) is 14.2 Å². The highest BCUT2D eigenvalue weighted by molar-refractivity contribution is 7.89. The molecule has 1 aliphatic carbocycles. The Morgan fingerprint density at radius 3 is 2.72 bits per heavy atom. The molecule has 0 fully saturated rings. The summed E-state index contributed by atoms with van der Waals surface area (Å²) in [5.74, 6) is -0.156. The number of nitrogens with zero attached hydrogens (tertiary/aromatic N) is 2. The van der Waals surface area contributed by atoms with E-state index >= 15 is 0 Å². The lowest BCUT2D eigenvalue weighted by Crippen LogP contribution is -2.27. The molecule has 0 bridgehead atoms. The monoisotopic (exact) mass is 415 g/mol. The molecule has 0 saturated carbocycles. The van der Waals surface area contributed by atoms with E-state index in [0.717, 1.165) is 30.2 Å². The highest BCUT2D eigenvalue weighted by Crippen LogP contribution is 2.25. The number of carbonyl (C=O) groups is 1. The molecule has 2 aromatic rings. The van der Waals surface area contributed by atoms with E-state index in [-0.39, 0.29) is 10.8 Å². The summed E-state index contributed by atoms with van der Waals surface area (Å²) in [6, 6.07) is 6.70. The Balaban J connectivity index is 1.85. The Bertz CT molecular complexity index is 1050. The molecule has 0 saturated heterocycles. The van der Waals surface area contributed by atoms with Crippen molar-refractivity contribution in [2.75, 3.05) is 20.6 Å². The number of amides is 1. The van der Waals surface area contributed by atoms with Crippen LogP contribution in [0.5, 0.6) is 0 Å². The van der Waals surface area contributed by atoms with Crippen LogP contribution in [0, 0.1) is 0 Å². The van der Waals surface area contributed by atoms with Gasteiger partial charge in [-0.3, -0.25) is 4.79 Å². The number of sulfonamides is 1. The molecular formula is C22H29N3O3S. The molecule has 0 spiro atoms. The lowest BCUT2D eigenvalue weighted by atomic mass is 9.97. The Kier molecular flexibility index (Phi) is 6.59. The third kappa shape index (κ3) is 4.62. The van der Waals surface area contributed by atoms with Crippen LogP contribution in [0.2, 0.25) is 0 Å². The summed E-state index contributed by atoms with van der Waals surface area (Å²) in [6.07, 6.45) is 9.63. The van der Waals surface area contributed by atoms with E-state index in [4.69, 9.17) is 0 Å². The highest BCUT2D eigenvalue weighted by Gasteiger charge is 2.20. The van der Waals surface area contributed by atoms with Gasteiger partial charge < -0.3 is 9.88 Å². The van der Waals surface area contributed by atoms with Crippen molar-refractivity contribution in [3.8, 4) is 0 Å². The zero-order valence-electron chi connectivity index (χ0n) is 17.1. The largest absolute Gasteiger partial charge is 0.350 e. The van der Waals surface area contributed by atoms with Crippen molar-refractivity contribution in [2.24, 2.45) is 0 Å². The number of allylic oxidation sites excluding steroid dienone is 2. The summed E-state index contributed by atoms with van der Waals surface area (Å²) in [6.45, 7) is 4.85. The minimum Gasteiger partial charge on any atom is -0.350 e. The van der Waals surface area contributed by atoms with Crippen LogP contribution >= 0.6 is 0 Å². The Labute approximate surface area is 172 Å². The normalized spacial score (nSPS) is 14.8. The quantitative estimate of drug-likeness (QED) is 0.668. The summed E-state index contributed by atoms with van der Waals surface area (Å²) in [4.78, 5) is 13.0. The van der Waals surface area contributed by atoms with Crippen LogP contribution in [0.15, 0.2) is 53.5 Å². The van der Waals surface area contributed by atoms with Crippen molar-refractivity contribution in [2.45, 2.75) is 43.5 Å². The molecule has 0 atom stereocenters. The third-order valence-electron chi connectivity index (χ3n) is 5.31. The Morgan fingerprint density at radius 1 is 1.28 bits per heavy atom. The first-order valence-electron chi connectivity index (χ1n) is 9.97. The molecule has 29 heavy (non-hydrogen) atoms. The number of nitrogens with one attached hydrogen (secondary N) is 1. The Morgan fingerprint density at radius 2 is 2.07 bits per heavy atom. The van der Waals surface area contributed by atoms with E-state index < -0.39 is 10.0 Å². The summed E-state index contributed by atoms with van der Waals surface area (Å²) in [7, 11) is -0.528. The fourth-order valence-corrected chi connectivity index (χ4v) is 4.63. The molecular weight excluding hydrogens is 386 g/mol. The summed E-state index contributed by atoms with van der Waals surface area (Å²) < 4.78 is 27.9. The lowest BCUT2D eigenvalue weighted by Gasteiger charge is -2.13. The zero-order chi connectivity index (χ0) is 21.0. The van der Waals surface area contributed by atoms with Gasteiger partial charge in [0.2, 0.25) is 10.0 Å². The van der Waals surface area contributed by atoms with E-state index in [1.165, 1.54) is 36.8 Å². The number of hydrogen-bond donors (Lipinski definition) is 1. The van der Waals surface area contributed by atoms with Crippen molar-refractivity contribution in [3.05, 3.63) is 54.3 Å². The van der Waals surface area contributed by atoms with Crippen molar-refractivity contribution >= 4 is 26.8 Å². The maximum atomic E-state index is 12.8. The minimum atomic E-state index is -3.53. The van der Waals surface area contributed by atoms with Gasteiger partial charge >= 0.3 is 0 Å². The zero-order valence-corrected chi connectivity index (χ0v) is 18.0. The van der Waals surface area contributed by atoms with Gasteiger partial charge in [-0.2, -0.15) is 0 Å². The van der Waals surface area contributed by atoms with Crippen molar-refractivity contribution in [1.29, 1.82) is 0 Å². The van der Waals surface area contributed by atoms with Crippen molar-refractivity contribution < 1.29 is 13.2 Å². The number of aromatic nitrogens is 1. The van der Waals surface area contributed by atoms with Crippen LogP contribution in [0.25, 0.3) is 10.9 Å². The van der Waals surface area contributed by atoms with Crippen LogP contribution in [-0.2, 0) is 16.6 Å². The Hall–Kier alpha value is -2.38. The SMILES string of the molecule is C=CCn1c(C(=O)NCCC2=CCCCC2)cc2cc(S(=O)(=O)N(C)C)ccc21. The first kappa shape index (κ1) is 21.3. The number of rotatable bonds is 8. The van der Waals surface area contributed by atoms with Gasteiger partial charge in [-0.25, -0.2) is 12.7 Å². The van der Waals surface area contributed by atoms with Gasteiger partial charge in [0.1, 0.15) is 5.69 Å². The molecule has 1 aliphatic rings. The molecule has 0 unspecified atom stereocenters. The average Bonchev–Trinajstić information content (AvgIpc) is 3.07. The van der Waals surface area contributed by atoms with Crippen molar-refractivity contribution in [3.63, 3.8) is 0 Å². The molecule has 0 radical (unpaired) electrons. The second-order valence-electron chi connectivity index (χ2n) is 7.55. The fourth-order valence-electron chi connectivity index (χ4n) is 3.69. The molecule has 156 valence electrons. The first-order valence-corrected chi connectivity index (χ1v) is 11.4. The smallest absolute Gasteiger partial charge is 0.267 e. The second kappa shape index (κ2) is 8.97. The van der Waals surface area contributed by atoms with E-state index in [2.05, 4.69) is 18.0 Å². The third-order valence-corrected chi connectivity index (χ3v) is 7.12. The molecule has 1 heterocycles. The number of carbonyl (C=O) groups excluding carboxylic acids is 1. The maximum Gasteiger partial charge on any atom is 0.267 e. The number of fused-ring (bicyclic) bond motifs is 1. The van der Waals surface area contributed by atoms with Gasteiger partial charge in [0.15, 0.2) is 0 Å². The summed E-state index contributed by atoms with van der Waals surface area (Å²) in [5, 5.41) is 3.73. The van der Waals surface area contributed by atoms with Gasteiger partial charge in [0, 0.05) is 38.1 Å². The molecule has 1 aromatic heterocycles. The fraction of sp³-hybridized carbons (Fsp3) is 0.409. The summed E-state index contributed by atoms with van der Waals surface area (Å²) in [5.41, 5.74) is 2.74. The van der Waals surface area contributed by atoms with E-state index in [1.54, 1.807) is 30.3 Å². The van der Waals surface area contributed by atoms with E-state index in [0.29, 0.717) is 18.8 Å². The van der Waals surface area contributed by atoms with Crippen LogP contribution in [0.1, 0.15) is 42.6 Å². The van der Waals surface area contributed by atoms with Gasteiger partial charge in [0.05, 0.1) is 4.90 Å². The number of hydrogen-bond acceptors (Lipinski definition) is 3.